The molecular weight excluding hydrogens is 260 g/mol. The zero-order valence-corrected chi connectivity index (χ0v) is 13.2. The fourth-order valence-electron chi connectivity index (χ4n) is 2.57. The molecule has 0 saturated heterocycles. The van der Waals surface area contributed by atoms with Crippen LogP contribution in [0.15, 0.2) is 36.4 Å². The van der Waals surface area contributed by atoms with Crippen molar-refractivity contribution in [3.05, 3.63) is 58.7 Å². The summed E-state index contributed by atoms with van der Waals surface area (Å²) >= 11 is 0. The molecule has 0 fully saturated rings. The molecule has 3 nitrogen and oxygen atoms in total. The molecule has 21 heavy (non-hydrogen) atoms. The van der Waals surface area contributed by atoms with Crippen molar-refractivity contribution in [1.29, 1.82) is 0 Å². The molecule has 0 aliphatic carbocycles. The summed E-state index contributed by atoms with van der Waals surface area (Å²) < 4.78 is 5.40. The van der Waals surface area contributed by atoms with Gasteiger partial charge in [-0.2, -0.15) is 0 Å². The number of para-hydroxylation sites is 2. The lowest BCUT2D eigenvalue weighted by Crippen LogP contribution is -2.22. The molecule has 2 rings (SSSR count). The van der Waals surface area contributed by atoms with Gasteiger partial charge in [0, 0.05) is 6.54 Å². The fourth-order valence-corrected chi connectivity index (χ4v) is 2.57. The van der Waals surface area contributed by atoms with Crippen LogP contribution in [0.2, 0.25) is 0 Å². The van der Waals surface area contributed by atoms with Gasteiger partial charge in [0.25, 0.3) is 0 Å². The van der Waals surface area contributed by atoms with Crippen LogP contribution in [0, 0.1) is 20.8 Å². The maximum Gasteiger partial charge on any atom is 0.141 e. The molecule has 1 atom stereocenters. The quantitative estimate of drug-likeness (QED) is 0.879. The fraction of sp³-hybridized carbons (Fsp3) is 0.333. The third-order valence-electron chi connectivity index (χ3n) is 3.93. The van der Waals surface area contributed by atoms with Gasteiger partial charge >= 0.3 is 0 Å². The van der Waals surface area contributed by atoms with Crippen LogP contribution in [0.25, 0.3) is 0 Å². The van der Waals surface area contributed by atoms with Gasteiger partial charge in [-0.3, -0.25) is 0 Å². The van der Waals surface area contributed by atoms with Gasteiger partial charge in [-0.1, -0.05) is 24.3 Å². The van der Waals surface area contributed by atoms with Crippen molar-refractivity contribution in [2.45, 2.75) is 26.8 Å². The number of nitrogens with two attached hydrogens (primary N) is 1. The summed E-state index contributed by atoms with van der Waals surface area (Å²) in [7, 11) is 1.68. The predicted molar refractivity (Wildman–Crippen MR) is 89.1 cm³/mol. The van der Waals surface area contributed by atoms with Crippen molar-refractivity contribution in [1.82, 2.24) is 0 Å². The Morgan fingerprint density at radius 1 is 1.05 bits per heavy atom. The third-order valence-corrected chi connectivity index (χ3v) is 3.93. The zero-order valence-electron chi connectivity index (χ0n) is 13.2. The summed E-state index contributed by atoms with van der Waals surface area (Å²) in [5.41, 5.74) is 12.1. The molecule has 2 aromatic rings. The monoisotopic (exact) mass is 284 g/mol. The second-order valence-corrected chi connectivity index (χ2v) is 5.43. The van der Waals surface area contributed by atoms with Crippen molar-refractivity contribution >= 4 is 5.69 Å². The van der Waals surface area contributed by atoms with E-state index in [1.807, 2.05) is 24.3 Å². The van der Waals surface area contributed by atoms with Gasteiger partial charge in [0.2, 0.25) is 0 Å². The lowest BCUT2D eigenvalue weighted by atomic mass is 9.95. The highest BCUT2D eigenvalue weighted by Gasteiger charge is 2.15. The first-order valence-electron chi connectivity index (χ1n) is 7.24. The van der Waals surface area contributed by atoms with Gasteiger partial charge in [-0.05, 0) is 55.2 Å². The summed E-state index contributed by atoms with van der Waals surface area (Å²) in [5, 5.41) is 3.50. The van der Waals surface area contributed by atoms with E-state index in [0.717, 1.165) is 11.4 Å². The number of aryl methyl sites for hydroxylation is 3. The Bertz CT molecular complexity index is 623. The molecule has 0 aliphatic heterocycles. The van der Waals surface area contributed by atoms with Crippen molar-refractivity contribution in [2.75, 3.05) is 19.0 Å². The van der Waals surface area contributed by atoms with Crippen LogP contribution in [-0.2, 0) is 0 Å². The second-order valence-electron chi connectivity index (χ2n) is 5.43. The Labute approximate surface area is 127 Å². The lowest BCUT2D eigenvalue weighted by Gasteiger charge is -2.23. The molecule has 2 aromatic carbocycles. The van der Waals surface area contributed by atoms with Gasteiger partial charge in [0.05, 0.1) is 18.8 Å². The minimum absolute atomic E-state index is 0.0700. The van der Waals surface area contributed by atoms with Crippen LogP contribution in [0.4, 0.5) is 5.69 Å². The topological polar surface area (TPSA) is 47.3 Å². The van der Waals surface area contributed by atoms with E-state index in [0.29, 0.717) is 6.54 Å². The smallest absolute Gasteiger partial charge is 0.141 e. The molecular formula is C18H24N2O. The number of benzene rings is 2. The molecule has 0 radical (unpaired) electrons. The second kappa shape index (κ2) is 6.64. The maximum atomic E-state index is 6.00. The lowest BCUT2D eigenvalue weighted by molar-refractivity contribution is 0.416. The largest absolute Gasteiger partial charge is 0.495 e. The summed E-state index contributed by atoms with van der Waals surface area (Å²) in [6.07, 6.45) is 0. The summed E-state index contributed by atoms with van der Waals surface area (Å²) in [4.78, 5) is 0. The van der Waals surface area contributed by atoms with E-state index >= 15 is 0 Å². The molecule has 0 aromatic heterocycles. The summed E-state index contributed by atoms with van der Waals surface area (Å²) in [6, 6.07) is 12.4. The van der Waals surface area contributed by atoms with E-state index in [9.17, 15) is 0 Å². The highest BCUT2D eigenvalue weighted by molar-refractivity contribution is 5.58. The van der Waals surface area contributed by atoms with Gasteiger partial charge in [-0.15, -0.1) is 0 Å². The Kier molecular flexibility index (Phi) is 4.86. The SMILES string of the molecule is COc1ccccc1NC(CN)c1cc(C)c(C)cc1C. The van der Waals surface area contributed by atoms with Gasteiger partial charge in [0.1, 0.15) is 5.75 Å². The number of hydrogen-bond donors (Lipinski definition) is 2. The maximum absolute atomic E-state index is 6.00. The zero-order chi connectivity index (χ0) is 15.4. The Balaban J connectivity index is 2.34. The van der Waals surface area contributed by atoms with E-state index in [4.69, 9.17) is 10.5 Å². The summed E-state index contributed by atoms with van der Waals surface area (Å²) in [6.45, 7) is 6.93. The molecule has 0 saturated carbocycles. The van der Waals surface area contributed by atoms with Crippen molar-refractivity contribution < 1.29 is 4.74 Å². The average molecular weight is 284 g/mol. The number of anilines is 1. The molecule has 0 aliphatic rings. The Morgan fingerprint density at radius 3 is 2.38 bits per heavy atom. The first-order valence-corrected chi connectivity index (χ1v) is 7.24. The number of rotatable bonds is 5. The highest BCUT2D eigenvalue weighted by atomic mass is 16.5. The normalized spacial score (nSPS) is 12.0. The van der Waals surface area contributed by atoms with Crippen LogP contribution in [0.5, 0.6) is 5.75 Å². The van der Waals surface area contributed by atoms with Crippen molar-refractivity contribution in [3.63, 3.8) is 0 Å². The predicted octanol–water partition coefficient (Wildman–Crippen LogP) is 3.73. The van der Waals surface area contributed by atoms with Crippen LogP contribution in [-0.4, -0.2) is 13.7 Å². The van der Waals surface area contributed by atoms with Gasteiger partial charge in [0.15, 0.2) is 0 Å². The number of methoxy groups -OCH3 is 1. The molecule has 1 unspecified atom stereocenters. The van der Waals surface area contributed by atoms with Crippen LogP contribution in [0.1, 0.15) is 28.3 Å². The third kappa shape index (κ3) is 3.37. The van der Waals surface area contributed by atoms with Crippen LogP contribution < -0.4 is 15.8 Å². The molecule has 0 spiro atoms. The highest BCUT2D eigenvalue weighted by Crippen LogP contribution is 2.29. The van der Waals surface area contributed by atoms with E-state index in [1.165, 1.54) is 22.3 Å². The number of nitrogens with one attached hydrogen (secondary N) is 1. The van der Waals surface area contributed by atoms with Crippen LogP contribution in [0.3, 0.4) is 0 Å². The minimum Gasteiger partial charge on any atom is -0.495 e. The molecule has 3 N–H and O–H groups in total. The van der Waals surface area contributed by atoms with Crippen LogP contribution >= 0.6 is 0 Å². The number of ether oxygens (including phenoxy) is 1. The van der Waals surface area contributed by atoms with Crippen molar-refractivity contribution in [3.8, 4) is 5.75 Å². The first-order chi connectivity index (χ1) is 10.1. The average Bonchev–Trinajstić information content (AvgIpc) is 2.49. The molecule has 0 amide bonds. The molecule has 112 valence electrons. The van der Waals surface area contributed by atoms with E-state index in [2.05, 4.69) is 38.2 Å². The van der Waals surface area contributed by atoms with E-state index in [1.54, 1.807) is 7.11 Å². The van der Waals surface area contributed by atoms with Gasteiger partial charge < -0.3 is 15.8 Å². The van der Waals surface area contributed by atoms with Crippen molar-refractivity contribution in [2.24, 2.45) is 5.73 Å². The molecule has 0 heterocycles. The molecule has 0 bridgehead atoms. The number of hydrogen-bond acceptors (Lipinski definition) is 3. The van der Waals surface area contributed by atoms with E-state index in [-0.39, 0.29) is 6.04 Å². The van der Waals surface area contributed by atoms with Gasteiger partial charge in [-0.25, -0.2) is 0 Å². The Morgan fingerprint density at radius 2 is 1.71 bits per heavy atom. The Hall–Kier alpha value is -2.00. The first kappa shape index (κ1) is 15.4. The standard InChI is InChI=1S/C18H24N2O/c1-12-9-14(3)15(10-13(12)2)17(11-19)20-16-7-5-6-8-18(16)21-4/h5-10,17,20H,11,19H2,1-4H3. The van der Waals surface area contributed by atoms with E-state index < -0.39 is 0 Å². The molecule has 3 heteroatoms. The minimum atomic E-state index is 0.0700. The summed E-state index contributed by atoms with van der Waals surface area (Å²) in [5.74, 6) is 0.831.